The van der Waals surface area contributed by atoms with Gasteiger partial charge in [-0.1, -0.05) is 0 Å². The molecular formula is C13H13FN8S. The lowest BCUT2D eigenvalue weighted by molar-refractivity contribution is 0.628. The monoisotopic (exact) mass is 332 g/mol. The van der Waals surface area contributed by atoms with E-state index in [4.69, 9.17) is 11.5 Å². The number of halogens is 1. The van der Waals surface area contributed by atoms with Gasteiger partial charge in [-0.15, -0.1) is 11.3 Å². The van der Waals surface area contributed by atoms with Gasteiger partial charge in [0.25, 0.3) is 0 Å². The van der Waals surface area contributed by atoms with Gasteiger partial charge < -0.3 is 21.8 Å². The molecule has 0 bridgehead atoms. The number of rotatable bonds is 1. The number of aromatic amines is 1. The largest absolute Gasteiger partial charge is 0.396 e. The van der Waals surface area contributed by atoms with Crippen LogP contribution in [0, 0.1) is 5.82 Å². The topological polar surface area (TPSA) is 131 Å². The van der Waals surface area contributed by atoms with Gasteiger partial charge in [0.1, 0.15) is 16.2 Å². The van der Waals surface area contributed by atoms with E-state index in [-0.39, 0.29) is 11.6 Å². The third-order valence-electron chi connectivity index (χ3n) is 2.98. The number of anilines is 3. The number of hydrogen-bond donors (Lipinski definition) is 4. The second-order valence-electron chi connectivity index (χ2n) is 4.48. The Morgan fingerprint density at radius 3 is 2.83 bits per heavy atom. The standard InChI is InChI=1S/C7H6FN3S.C6H7N5/c1-9-6-4(8)2-5-7(11-6)12-3-10-5;7-3-1-4-6(10-2-9-4)11-5(3)8/h2-3H,1H3,(H,9,11);1-2H,7H2,(H3,8,9,10,11). The summed E-state index contributed by atoms with van der Waals surface area (Å²) in [5.41, 5.74) is 15.1. The van der Waals surface area contributed by atoms with Crippen molar-refractivity contribution in [1.82, 2.24) is 24.9 Å². The molecule has 4 aromatic rings. The second kappa shape index (κ2) is 6.01. The smallest absolute Gasteiger partial charge is 0.179 e. The summed E-state index contributed by atoms with van der Waals surface area (Å²) in [6.07, 6.45) is 1.55. The van der Waals surface area contributed by atoms with Gasteiger partial charge in [0.2, 0.25) is 0 Å². The molecule has 8 nitrogen and oxygen atoms in total. The van der Waals surface area contributed by atoms with E-state index in [1.165, 1.54) is 17.4 Å². The number of nitrogens with one attached hydrogen (secondary N) is 2. The van der Waals surface area contributed by atoms with Crippen molar-refractivity contribution >= 4 is 50.2 Å². The van der Waals surface area contributed by atoms with E-state index >= 15 is 0 Å². The van der Waals surface area contributed by atoms with E-state index < -0.39 is 0 Å². The number of fused-ring (bicyclic) bond motifs is 2. The lowest BCUT2D eigenvalue weighted by atomic mass is 10.4. The van der Waals surface area contributed by atoms with Crippen LogP contribution in [0.25, 0.3) is 21.5 Å². The molecule has 0 radical (unpaired) electrons. The average molecular weight is 332 g/mol. The molecule has 0 aliphatic heterocycles. The molecule has 0 aliphatic rings. The number of pyridine rings is 2. The molecule has 0 unspecified atom stereocenters. The fourth-order valence-corrected chi connectivity index (χ4v) is 2.49. The zero-order valence-corrected chi connectivity index (χ0v) is 12.9. The van der Waals surface area contributed by atoms with Crippen molar-refractivity contribution in [2.24, 2.45) is 0 Å². The first kappa shape index (κ1) is 14.9. The third-order valence-corrected chi connectivity index (χ3v) is 3.72. The van der Waals surface area contributed by atoms with Crippen molar-refractivity contribution in [3.8, 4) is 0 Å². The quantitative estimate of drug-likeness (QED) is 0.419. The van der Waals surface area contributed by atoms with Crippen molar-refractivity contribution in [1.29, 1.82) is 0 Å². The van der Waals surface area contributed by atoms with Gasteiger partial charge in [0.05, 0.1) is 23.0 Å². The van der Waals surface area contributed by atoms with Crippen LogP contribution in [-0.4, -0.2) is 32.0 Å². The number of aromatic nitrogens is 5. The van der Waals surface area contributed by atoms with E-state index in [0.29, 0.717) is 22.7 Å². The first-order valence-electron chi connectivity index (χ1n) is 6.51. The number of imidazole rings is 1. The third kappa shape index (κ3) is 2.97. The predicted molar refractivity (Wildman–Crippen MR) is 89.6 cm³/mol. The Hall–Kier alpha value is -3.01. The van der Waals surface area contributed by atoms with Gasteiger partial charge in [-0.05, 0) is 6.07 Å². The molecule has 6 N–H and O–H groups in total. The summed E-state index contributed by atoms with van der Waals surface area (Å²) in [6.45, 7) is 0. The first-order valence-corrected chi connectivity index (χ1v) is 7.39. The molecule has 0 amide bonds. The molecule has 0 saturated carbocycles. The van der Waals surface area contributed by atoms with Gasteiger partial charge in [-0.3, -0.25) is 0 Å². The fraction of sp³-hybridized carbons (Fsp3) is 0.0769. The summed E-state index contributed by atoms with van der Waals surface area (Å²) in [4.78, 5) is 19.5. The number of hydrogen-bond acceptors (Lipinski definition) is 8. The molecule has 4 rings (SSSR count). The lowest BCUT2D eigenvalue weighted by Gasteiger charge is -1.98. The molecular weight excluding hydrogens is 319 g/mol. The molecule has 118 valence electrons. The summed E-state index contributed by atoms with van der Waals surface area (Å²) in [7, 11) is 1.64. The van der Waals surface area contributed by atoms with Crippen molar-refractivity contribution in [2.45, 2.75) is 0 Å². The van der Waals surface area contributed by atoms with Crippen LogP contribution in [0.3, 0.4) is 0 Å². The van der Waals surface area contributed by atoms with Crippen LogP contribution in [0.15, 0.2) is 24.0 Å². The van der Waals surface area contributed by atoms with E-state index in [2.05, 4.69) is 30.2 Å². The molecule has 0 fully saturated rings. The summed E-state index contributed by atoms with van der Waals surface area (Å²) in [5, 5.41) is 2.67. The SMILES string of the molecule is CNc1nc2scnc2cc1F.Nc1cc2[nH]cnc2nc1N. The van der Waals surface area contributed by atoms with Crippen molar-refractivity contribution < 1.29 is 4.39 Å². The Labute approximate surface area is 133 Å². The van der Waals surface area contributed by atoms with Gasteiger partial charge in [-0.2, -0.15) is 0 Å². The maximum absolute atomic E-state index is 13.0. The van der Waals surface area contributed by atoms with Crippen molar-refractivity contribution in [3.63, 3.8) is 0 Å². The molecule has 10 heteroatoms. The van der Waals surface area contributed by atoms with Crippen LogP contribution in [0.4, 0.5) is 21.7 Å². The summed E-state index contributed by atoms with van der Waals surface area (Å²) in [6, 6.07) is 3.09. The molecule has 23 heavy (non-hydrogen) atoms. The van der Waals surface area contributed by atoms with Crippen LogP contribution in [0.2, 0.25) is 0 Å². The van der Waals surface area contributed by atoms with E-state index in [9.17, 15) is 4.39 Å². The Balaban J connectivity index is 0.000000136. The maximum Gasteiger partial charge on any atom is 0.179 e. The summed E-state index contributed by atoms with van der Waals surface area (Å²) < 4.78 is 13.0. The predicted octanol–water partition coefficient (Wildman–Crippen LogP) is 1.99. The molecule has 0 aliphatic carbocycles. The highest BCUT2D eigenvalue weighted by atomic mass is 32.1. The molecule has 0 saturated heterocycles. The lowest BCUT2D eigenvalue weighted by Crippen LogP contribution is -1.97. The van der Waals surface area contributed by atoms with Gasteiger partial charge in [0.15, 0.2) is 17.3 Å². The minimum atomic E-state index is -0.365. The van der Waals surface area contributed by atoms with Crippen LogP contribution in [0.1, 0.15) is 0 Å². The Morgan fingerprint density at radius 2 is 2.04 bits per heavy atom. The minimum Gasteiger partial charge on any atom is -0.396 e. The van der Waals surface area contributed by atoms with Crippen LogP contribution < -0.4 is 16.8 Å². The first-order chi connectivity index (χ1) is 11.1. The second-order valence-corrected chi connectivity index (χ2v) is 5.32. The van der Waals surface area contributed by atoms with Crippen molar-refractivity contribution in [3.05, 3.63) is 29.8 Å². The number of nitrogen functional groups attached to an aromatic ring is 2. The van der Waals surface area contributed by atoms with Gasteiger partial charge in [-0.25, -0.2) is 24.3 Å². The zero-order valence-electron chi connectivity index (χ0n) is 12.0. The zero-order chi connectivity index (χ0) is 16.4. The molecule has 0 spiro atoms. The van der Waals surface area contributed by atoms with Crippen LogP contribution in [-0.2, 0) is 0 Å². The molecule has 0 atom stereocenters. The van der Waals surface area contributed by atoms with Crippen LogP contribution in [0.5, 0.6) is 0 Å². The highest BCUT2D eigenvalue weighted by Crippen LogP contribution is 2.20. The van der Waals surface area contributed by atoms with Gasteiger partial charge >= 0.3 is 0 Å². The number of thiazole rings is 1. The number of H-pyrrole nitrogens is 1. The minimum absolute atomic E-state index is 0.270. The van der Waals surface area contributed by atoms with Crippen LogP contribution >= 0.6 is 11.3 Å². The Morgan fingerprint density at radius 1 is 1.22 bits per heavy atom. The fourth-order valence-electron chi connectivity index (χ4n) is 1.85. The molecule has 4 aromatic heterocycles. The normalized spacial score (nSPS) is 10.5. The Bertz CT molecular complexity index is 927. The van der Waals surface area contributed by atoms with Gasteiger partial charge in [0, 0.05) is 13.1 Å². The average Bonchev–Trinajstić information content (AvgIpc) is 3.16. The van der Waals surface area contributed by atoms with E-state index in [1.54, 1.807) is 25.0 Å². The van der Waals surface area contributed by atoms with E-state index in [0.717, 1.165) is 10.3 Å². The molecule has 0 aromatic carbocycles. The maximum atomic E-state index is 13.0. The highest BCUT2D eigenvalue weighted by molar-refractivity contribution is 7.16. The summed E-state index contributed by atoms with van der Waals surface area (Å²) >= 11 is 1.40. The summed E-state index contributed by atoms with van der Waals surface area (Å²) in [5.74, 6) is 0.229. The Kier molecular flexibility index (Phi) is 3.89. The van der Waals surface area contributed by atoms with Crippen molar-refractivity contribution in [2.75, 3.05) is 23.8 Å². The number of nitrogens with zero attached hydrogens (tertiary/aromatic N) is 4. The highest BCUT2D eigenvalue weighted by Gasteiger charge is 2.05. The molecule has 4 heterocycles. The number of nitrogens with two attached hydrogens (primary N) is 2. The van der Waals surface area contributed by atoms with E-state index in [1.807, 2.05) is 0 Å².